The molecule has 0 radical (unpaired) electrons. The predicted octanol–water partition coefficient (Wildman–Crippen LogP) is 4.14. The normalized spacial score (nSPS) is 12.2. The molecule has 0 fully saturated rings. The molecular formula is C17H14ClF3N2O2. The summed E-state index contributed by atoms with van der Waals surface area (Å²) in [6, 6.07) is 4.41. The molecule has 0 amide bonds. The second-order valence-electron chi connectivity index (χ2n) is 5.80. The predicted molar refractivity (Wildman–Crippen MR) is 90.3 cm³/mol. The Bertz CT molecular complexity index is 1060. The summed E-state index contributed by atoms with van der Waals surface area (Å²) >= 11 is 6.22. The number of aromatic nitrogens is 2. The monoisotopic (exact) mass is 370 g/mol. The molecule has 8 heteroatoms. The number of pyridine rings is 1. The van der Waals surface area contributed by atoms with Gasteiger partial charge >= 0.3 is 6.18 Å². The van der Waals surface area contributed by atoms with Crippen LogP contribution >= 0.6 is 11.6 Å². The lowest BCUT2D eigenvalue weighted by molar-refractivity contribution is -0.171. The first-order chi connectivity index (χ1) is 11.6. The van der Waals surface area contributed by atoms with Gasteiger partial charge in [-0.05, 0) is 31.0 Å². The van der Waals surface area contributed by atoms with Gasteiger partial charge in [0.15, 0.2) is 0 Å². The summed E-state index contributed by atoms with van der Waals surface area (Å²) in [7, 11) is 0. The molecule has 0 spiro atoms. The van der Waals surface area contributed by atoms with Crippen molar-refractivity contribution < 1.29 is 18.0 Å². The Morgan fingerprint density at radius 1 is 1.28 bits per heavy atom. The van der Waals surface area contributed by atoms with Crippen LogP contribution < -0.4 is 5.56 Å². The van der Waals surface area contributed by atoms with Gasteiger partial charge in [-0.2, -0.15) is 13.2 Å². The summed E-state index contributed by atoms with van der Waals surface area (Å²) in [5.41, 5.74) is 1.98. The van der Waals surface area contributed by atoms with Gasteiger partial charge in [0.1, 0.15) is 0 Å². The van der Waals surface area contributed by atoms with Crippen LogP contribution in [0.25, 0.3) is 21.8 Å². The van der Waals surface area contributed by atoms with Crippen LogP contribution in [0.2, 0.25) is 5.02 Å². The third kappa shape index (κ3) is 2.82. The maximum Gasteiger partial charge on any atom is 0.451 e. The van der Waals surface area contributed by atoms with Gasteiger partial charge in [0.05, 0.1) is 17.1 Å². The summed E-state index contributed by atoms with van der Waals surface area (Å²) in [6.45, 7) is 2.79. The molecule has 0 aliphatic rings. The number of nitrogens with zero attached hydrogens (tertiary/aromatic N) is 1. The number of ketones is 1. The Morgan fingerprint density at radius 2 is 1.96 bits per heavy atom. The van der Waals surface area contributed by atoms with E-state index >= 15 is 0 Å². The van der Waals surface area contributed by atoms with Gasteiger partial charge in [0.25, 0.3) is 5.78 Å². The molecule has 2 aromatic heterocycles. The van der Waals surface area contributed by atoms with E-state index < -0.39 is 18.5 Å². The lowest BCUT2D eigenvalue weighted by Gasteiger charge is -2.11. The number of hydrogen-bond donors (Lipinski definition) is 1. The quantitative estimate of drug-likeness (QED) is 0.753. The van der Waals surface area contributed by atoms with Crippen molar-refractivity contribution >= 4 is 39.2 Å². The molecule has 0 saturated carbocycles. The lowest BCUT2D eigenvalue weighted by atomic mass is 10.1. The van der Waals surface area contributed by atoms with Crippen molar-refractivity contribution in [1.82, 2.24) is 9.55 Å². The van der Waals surface area contributed by atoms with Crippen LogP contribution in [0.15, 0.2) is 23.0 Å². The van der Waals surface area contributed by atoms with Crippen LogP contribution in [0.5, 0.6) is 0 Å². The van der Waals surface area contributed by atoms with Crippen molar-refractivity contribution in [3.8, 4) is 0 Å². The Hall–Kier alpha value is -2.28. The van der Waals surface area contributed by atoms with Crippen molar-refractivity contribution in [3.63, 3.8) is 0 Å². The molecule has 132 valence electrons. The van der Waals surface area contributed by atoms with Crippen LogP contribution in [0.1, 0.15) is 18.2 Å². The summed E-state index contributed by atoms with van der Waals surface area (Å²) in [6.07, 6.45) is -4.44. The molecule has 2 heterocycles. The topological polar surface area (TPSA) is 54.9 Å². The van der Waals surface area contributed by atoms with E-state index in [-0.39, 0.29) is 10.6 Å². The number of halogens is 4. The van der Waals surface area contributed by atoms with Gasteiger partial charge in [-0.25, -0.2) is 0 Å². The lowest BCUT2D eigenvalue weighted by Crippen LogP contribution is -2.27. The van der Waals surface area contributed by atoms with Crippen LogP contribution in [0.4, 0.5) is 13.2 Å². The second-order valence-corrected chi connectivity index (χ2v) is 6.20. The molecule has 0 aliphatic heterocycles. The first-order valence-electron chi connectivity index (χ1n) is 7.58. The zero-order valence-electron chi connectivity index (χ0n) is 13.4. The third-order valence-corrected chi connectivity index (χ3v) is 4.61. The van der Waals surface area contributed by atoms with Gasteiger partial charge in [0.2, 0.25) is 5.56 Å². The van der Waals surface area contributed by atoms with Crippen molar-refractivity contribution in [1.29, 1.82) is 0 Å². The Labute approximate surface area is 145 Å². The molecule has 4 nitrogen and oxygen atoms in total. The number of H-pyrrole nitrogens is 1. The zero-order valence-corrected chi connectivity index (χ0v) is 14.2. The minimum absolute atomic E-state index is 0.217. The van der Waals surface area contributed by atoms with Crippen molar-refractivity contribution in [2.45, 2.75) is 33.0 Å². The Kier molecular flexibility index (Phi) is 4.15. The summed E-state index contributed by atoms with van der Waals surface area (Å²) in [5.74, 6) is -1.81. The largest absolute Gasteiger partial charge is 0.451 e. The average Bonchev–Trinajstić information content (AvgIpc) is 2.77. The maximum atomic E-state index is 12.7. The van der Waals surface area contributed by atoms with E-state index in [2.05, 4.69) is 4.98 Å². The fourth-order valence-corrected chi connectivity index (χ4v) is 3.56. The van der Waals surface area contributed by atoms with Crippen LogP contribution in [0.3, 0.4) is 0 Å². The first kappa shape index (κ1) is 17.5. The third-order valence-electron chi connectivity index (χ3n) is 4.32. The molecule has 0 aliphatic carbocycles. The van der Waals surface area contributed by atoms with E-state index in [4.69, 9.17) is 11.6 Å². The minimum atomic E-state index is -4.89. The van der Waals surface area contributed by atoms with Gasteiger partial charge in [0, 0.05) is 28.0 Å². The zero-order chi connectivity index (χ0) is 18.5. The highest BCUT2D eigenvalue weighted by atomic mass is 35.5. The Morgan fingerprint density at radius 3 is 2.56 bits per heavy atom. The SMILES string of the molecule is CCc1c(C)c2c3c(Cl)cc(=O)[nH]c3ccc2n1CC(=O)C(F)(F)F. The number of aromatic amines is 1. The molecule has 3 aromatic rings. The molecule has 25 heavy (non-hydrogen) atoms. The first-order valence-corrected chi connectivity index (χ1v) is 7.96. The number of alkyl halides is 3. The molecule has 0 bridgehead atoms. The molecule has 0 atom stereocenters. The summed E-state index contributed by atoms with van der Waals surface area (Å²) in [5, 5.41) is 1.42. The fraction of sp³-hybridized carbons (Fsp3) is 0.294. The number of carbonyl (C=O) groups excluding carboxylic acids is 1. The van der Waals surface area contributed by atoms with Crippen molar-refractivity contribution in [2.75, 3.05) is 0 Å². The maximum absolute atomic E-state index is 12.7. The number of Topliss-reactive ketones (excluding diaryl/α,β-unsaturated/α-hetero) is 1. The molecule has 0 saturated heterocycles. The summed E-state index contributed by atoms with van der Waals surface area (Å²) < 4.78 is 39.5. The highest BCUT2D eigenvalue weighted by Gasteiger charge is 2.38. The smallest absolute Gasteiger partial charge is 0.337 e. The number of hydrogen-bond acceptors (Lipinski definition) is 2. The molecular weight excluding hydrogens is 357 g/mol. The van der Waals surface area contributed by atoms with Gasteiger partial charge < -0.3 is 9.55 Å². The number of benzene rings is 1. The van der Waals surface area contributed by atoms with Crippen molar-refractivity contribution in [3.05, 3.63) is 44.8 Å². The second kappa shape index (κ2) is 5.91. The Balaban J connectivity index is 2.37. The van der Waals surface area contributed by atoms with Crippen LogP contribution in [-0.4, -0.2) is 21.5 Å². The minimum Gasteiger partial charge on any atom is -0.337 e. The highest BCUT2D eigenvalue weighted by molar-refractivity contribution is 6.37. The van der Waals surface area contributed by atoms with Crippen LogP contribution in [-0.2, 0) is 17.8 Å². The fourth-order valence-electron chi connectivity index (χ4n) is 3.27. The van der Waals surface area contributed by atoms with Crippen LogP contribution in [0, 0.1) is 6.92 Å². The molecule has 1 aromatic carbocycles. The molecule has 3 rings (SSSR count). The highest BCUT2D eigenvalue weighted by Crippen LogP contribution is 2.35. The van der Waals surface area contributed by atoms with Gasteiger partial charge in [-0.3, -0.25) is 9.59 Å². The van der Waals surface area contributed by atoms with E-state index in [0.29, 0.717) is 33.9 Å². The summed E-state index contributed by atoms with van der Waals surface area (Å²) in [4.78, 5) is 25.8. The van der Waals surface area contributed by atoms with E-state index in [1.54, 1.807) is 26.0 Å². The number of fused-ring (bicyclic) bond motifs is 3. The van der Waals surface area contributed by atoms with E-state index in [1.165, 1.54) is 10.6 Å². The van der Waals surface area contributed by atoms with E-state index in [1.807, 2.05) is 0 Å². The average molecular weight is 371 g/mol. The number of nitrogens with one attached hydrogen (secondary N) is 1. The number of aryl methyl sites for hydroxylation is 1. The molecule has 1 N–H and O–H groups in total. The van der Waals surface area contributed by atoms with E-state index in [0.717, 1.165) is 5.56 Å². The van der Waals surface area contributed by atoms with Crippen molar-refractivity contribution in [2.24, 2.45) is 0 Å². The van der Waals surface area contributed by atoms with Gasteiger partial charge in [-0.1, -0.05) is 18.5 Å². The van der Waals surface area contributed by atoms with E-state index in [9.17, 15) is 22.8 Å². The number of rotatable bonds is 3. The van der Waals surface area contributed by atoms with Gasteiger partial charge in [-0.15, -0.1) is 0 Å². The molecule has 0 unspecified atom stereocenters. The standard InChI is InChI=1S/C17H14ClF3N2O2/c1-3-11-8(2)15-12(23(11)7-13(24)17(19,20)21)5-4-10-16(15)9(18)6-14(25)22-10/h4-6H,3,7H2,1-2H3,(H,22,25). The number of carbonyl (C=O) groups is 1.